The molecular weight excluding hydrogens is 191 g/mol. The molecule has 0 amide bonds. The smallest absolute Gasteiger partial charge is 0.0812 e. The van der Waals surface area contributed by atoms with Gasteiger partial charge in [0.1, 0.15) is 0 Å². The maximum absolute atomic E-state index is 2.30. The van der Waals surface area contributed by atoms with Gasteiger partial charge in [0, 0.05) is 0 Å². The van der Waals surface area contributed by atoms with E-state index in [1.165, 1.54) is 11.0 Å². The second-order valence-electron chi connectivity index (χ2n) is 4.40. The van der Waals surface area contributed by atoms with Crippen LogP contribution < -0.4 is 5.46 Å². The quantitative estimate of drug-likeness (QED) is 0.678. The molecule has 0 nitrogen and oxygen atoms in total. The van der Waals surface area contributed by atoms with Crippen molar-refractivity contribution in [3.63, 3.8) is 0 Å². The summed E-state index contributed by atoms with van der Waals surface area (Å²) in [5.74, 6) is 0.559. The largest absolute Gasteiger partial charge is 0.180 e. The summed E-state index contributed by atoms with van der Waals surface area (Å²) in [7, 11) is 0. The molecule has 0 N–H and O–H groups in total. The van der Waals surface area contributed by atoms with Gasteiger partial charge in [0.2, 0.25) is 0 Å². The molecule has 1 heteroatoms. The summed E-state index contributed by atoms with van der Waals surface area (Å²) in [6, 6.07) is 21.5. The molecule has 1 atom stereocenters. The molecule has 0 saturated carbocycles. The highest BCUT2D eigenvalue weighted by Gasteiger charge is 2.19. The summed E-state index contributed by atoms with van der Waals surface area (Å²) in [5.41, 5.74) is 2.83. The van der Waals surface area contributed by atoms with Gasteiger partial charge in [0.25, 0.3) is 0 Å². The van der Waals surface area contributed by atoms with E-state index in [1.807, 2.05) is 0 Å². The van der Waals surface area contributed by atoms with Crippen LogP contribution >= 0.6 is 0 Å². The van der Waals surface area contributed by atoms with E-state index in [-0.39, 0.29) is 0 Å². The average Bonchev–Trinajstić information content (AvgIpc) is 2.39. The zero-order valence-electron chi connectivity index (χ0n) is 9.93. The van der Waals surface area contributed by atoms with Gasteiger partial charge in [0.05, 0.1) is 0 Å². The van der Waals surface area contributed by atoms with Crippen LogP contribution in [0.5, 0.6) is 0 Å². The van der Waals surface area contributed by atoms with Gasteiger partial charge in [-0.1, -0.05) is 85.4 Å². The number of hydrogen-bond acceptors (Lipinski definition) is 0. The van der Waals surface area contributed by atoms with Gasteiger partial charge in [-0.25, -0.2) is 0 Å². The van der Waals surface area contributed by atoms with Crippen LogP contribution in [0.1, 0.15) is 18.3 Å². The van der Waals surface area contributed by atoms with Gasteiger partial charge < -0.3 is 0 Å². The van der Waals surface area contributed by atoms with Crippen molar-refractivity contribution in [3.05, 3.63) is 66.2 Å². The lowest BCUT2D eigenvalue weighted by atomic mass is 9.38. The summed E-state index contributed by atoms with van der Waals surface area (Å²) in [5, 5.41) is 0. The monoisotopic (exact) mass is 208 g/mol. The molecule has 0 heterocycles. The van der Waals surface area contributed by atoms with E-state index >= 15 is 0 Å². The van der Waals surface area contributed by atoms with Gasteiger partial charge in [-0.05, 0) is 5.82 Å². The van der Waals surface area contributed by atoms with Crippen molar-refractivity contribution in [1.29, 1.82) is 0 Å². The minimum Gasteiger partial charge on any atom is -0.0812 e. The third-order valence-electron chi connectivity index (χ3n) is 3.40. The van der Waals surface area contributed by atoms with E-state index in [0.717, 1.165) is 0 Å². The Hall–Kier alpha value is -1.50. The molecule has 0 saturated heterocycles. The van der Waals surface area contributed by atoms with Gasteiger partial charge in [-0.2, -0.15) is 0 Å². The lowest BCUT2D eigenvalue weighted by Crippen LogP contribution is -2.32. The third kappa shape index (κ3) is 2.36. The summed E-state index contributed by atoms with van der Waals surface area (Å²) < 4.78 is 0. The molecule has 0 spiro atoms. The molecule has 0 aromatic heterocycles. The Morgan fingerprint density at radius 1 is 0.812 bits per heavy atom. The Labute approximate surface area is 98.4 Å². The van der Waals surface area contributed by atoms with Crippen molar-refractivity contribution in [2.24, 2.45) is 0 Å². The van der Waals surface area contributed by atoms with Gasteiger partial charge >= 0.3 is 0 Å². The minimum absolute atomic E-state index is 0.559. The minimum atomic E-state index is 0.559. The standard InChI is InChI=1S/C15H17B/c1-13(14-9-5-3-6-10-14)16(2)15-11-7-4-8-12-15/h3-13H,1-2H3. The SMILES string of the molecule is CB(c1ccccc1)C(C)c1ccccc1. The van der Waals surface area contributed by atoms with E-state index < -0.39 is 0 Å². The van der Waals surface area contributed by atoms with Crippen LogP contribution in [0.15, 0.2) is 60.7 Å². The summed E-state index contributed by atoms with van der Waals surface area (Å²) >= 11 is 0. The van der Waals surface area contributed by atoms with Gasteiger partial charge in [-0.15, -0.1) is 0 Å². The molecule has 2 aromatic carbocycles. The van der Waals surface area contributed by atoms with Crippen LogP contribution in [-0.4, -0.2) is 6.71 Å². The van der Waals surface area contributed by atoms with Crippen LogP contribution in [-0.2, 0) is 0 Å². The summed E-state index contributed by atoms with van der Waals surface area (Å²) in [6.45, 7) is 5.16. The molecule has 80 valence electrons. The molecule has 2 rings (SSSR count). The number of hydrogen-bond donors (Lipinski definition) is 0. The van der Waals surface area contributed by atoms with E-state index in [0.29, 0.717) is 12.5 Å². The first-order valence-corrected chi connectivity index (χ1v) is 5.89. The molecule has 0 aliphatic heterocycles. The number of rotatable bonds is 3. The highest BCUT2D eigenvalue weighted by Crippen LogP contribution is 2.17. The number of benzene rings is 2. The maximum Gasteiger partial charge on any atom is 0.180 e. The van der Waals surface area contributed by atoms with E-state index in [1.54, 1.807) is 0 Å². The molecule has 1 unspecified atom stereocenters. The Morgan fingerprint density at radius 3 is 1.88 bits per heavy atom. The van der Waals surface area contributed by atoms with Crippen LogP contribution in [0.3, 0.4) is 0 Å². The maximum atomic E-state index is 2.30. The average molecular weight is 208 g/mol. The molecule has 0 fully saturated rings. The second-order valence-corrected chi connectivity index (χ2v) is 4.40. The third-order valence-corrected chi connectivity index (χ3v) is 3.40. The Bertz CT molecular complexity index is 378. The summed E-state index contributed by atoms with van der Waals surface area (Å²) in [6.07, 6.45) is 0. The van der Waals surface area contributed by atoms with Crippen molar-refractivity contribution in [2.75, 3.05) is 0 Å². The van der Waals surface area contributed by atoms with Crippen molar-refractivity contribution < 1.29 is 0 Å². The molecule has 0 bridgehead atoms. The van der Waals surface area contributed by atoms with Crippen LogP contribution in [0, 0.1) is 0 Å². The Balaban J connectivity index is 2.20. The predicted molar refractivity (Wildman–Crippen MR) is 72.6 cm³/mol. The van der Waals surface area contributed by atoms with Gasteiger partial charge in [-0.3, -0.25) is 0 Å². The fourth-order valence-electron chi connectivity index (χ4n) is 2.09. The first-order chi connectivity index (χ1) is 7.79. The summed E-state index contributed by atoms with van der Waals surface area (Å²) in [4.78, 5) is 0. The Morgan fingerprint density at radius 2 is 1.31 bits per heavy atom. The van der Waals surface area contributed by atoms with Crippen LogP contribution in [0.25, 0.3) is 0 Å². The van der Waals surface area contributed by atoms with Crippen LogP contribution in [0.4, 0.5) is 0 Å². The van der Waals surface area contributed by atoms with E-state index in [9.17, 15) is 0 Å². The van der Waals surface area contributed by atoms with Crippen LogP contribution in [0.2, 0.25) is 6.82 Å². The first kappa shape index (κ1) is 11.0. The molecule has 2 aromatic rings. The zero-order chi connectivity index (χ0) is 11.4. The van der Waals surface area contributed by atoms with Crippen molar-refractivity contribution in [1.82, 2.24) is 0 Å². The first-order valence-electron chi connectivity index (χ1n) is 5.89. The Kier molecular flexibility index (Phi) is 3.45. The van der Waals surface area contributed by atoms with Crippen molar-refractivity contribution in [2.45, 2.75) is 19.6 Å². The normalized spacial score (nSPS) is 12.1. The molecular formula is C15H17B. The molecule has 0 aliphatic rings. The second kappa shape index (κ2) is 5.02. The zero-order valence-corrected chi connectivity index (χ0v) is 9.93. The topological polar surface area (TPSA) is 0 Å². The lowest BCUT2D eigenvalue weighted by molar-refractivity contribution is 1.05. The molecule has 16 heavy (non-hydrogen) atoms. The highest BCUT2D eigenvalue weighted by molar-refractivity contribution is 6.73. The molecule has 0 radical (unpaired) electrons. The highest BCUT2D eigenvalue weighted by atomic mass is 14.0. The van der Waals surface area contributed by atoms with E-state index in [4.69, 9.17) is 0 Å². The van der Waals surface area contributed by atoms with Crippen molar-refractivity contribution in [3.8, 4) is 0 Å². The fraction of sp³-hybridized carbons (Fsp3) is 0.200. The lowest BCUT2D eigenvalue weighted by Gasteiger charge is -2.17. The van der Waals surface area contributed by atoms with Gasteiger partial charge in [0.15, 0.2) is 6.71 Å². The predicted octanol–water partition coefficient (Wildman–Crippen LogP) is 3.36. The molecule has 0 aliphatic carbocycles. The fourth-order valence-corrected chi connectivity index (χ4v) is 2.09. The van der Waals surface area contributed by atoms with Crippen molar-refractivity contribution >= 4 is 12.2 Å². The van der Waals surface area contributed by atoms with E-state index in [2.05, 4.69) is 74.4 Å².